The Labute approximate surface area is 170 Å². The lowest BCUT2D eigenvalue weighted by Crippen LogP contribution is -3.18. The summed E-state index contributed by atoms with van der Waals surface area (Å²) in [5, 5.41) is 2.72. The van der Waals surface area contributed by atoms with E-state index in [1.807, 2.05) is 6.07 Å². The number of benzene rings is 1. The first-order chi connectivity index (χ1) is 12.4. The number of halogens is 3. The molecule has 0 aromatic heterocycles. The maximum absolute atomic E-state index is 12.4. The summed E-state index contributed by atoms with van der Waals surface area (Å²) in [5.74, 6) is 0.137. The van der Waals surface area contributed by atoms with Gasteiger partial charge >= 0.3 is 0 Å². The lowest BCUT2D eigenvalue weighted by Gasteiger charge is -2.41. The Bertz CT molecular complexity index is 592. The monoisotopic (exact) mass is 419 g/mol. The molecule has 4 atom stereocenters. The van der Waals surface area contributed by atoms with Gasteiger partial charge in [-0.05, 0) is 44.2 Å². The Morgan fingerprint density at radius 3 is 2.62 bits per heavy atom. The van der Waals surface area contributed by atoms with Crippen LogP contribution in [0.2, 0.25) is 0 Å². The fraction of sp³-hybridized carbons (Fsp3) is 0.632. The van der Waals surface area contributed by atoms with Gasteiger partial charge in [0.15, 0.2) is 6.23 Å². The number of carbonyl (C=O) groups excluding carboxylic acids is 1. The number of piperidine rings is 2. The minimum absolute atomic E-state index is 0.310. The molecular formula is C19H26Cl3N2O2+. The summed E-state index contributed by atoms with van der Waals surface area (Å²) in [6.45, 7) is 3.00. The number of hydrogen-bond donors (Lipinski definition) is 2. The average Bonchev–Trinajstić information content (AvgIpc) is 2.64. The van der Waals surface area contributed by atoms with Crippen molar-refractivity contribution >= 4 is 40.7 Å². The highest BCUT2D eigenvalue weighted by Gasteiger charge is 2.40. The van der Waals surface area contributed by atoms with Crippen LogP contribution in [0, 0.1) is 5.92 Å². The fourth-order valence-electron chi connectivity index (χ4n) is 4.21. The zero-order valence-corrected chi connectivity index (χ0v) is 17.0. The van der Waals surface area contributed by atoms with Gasteiger partial charge in [-0.25, -0.2) is 0 Å². The van der Waals surface area contributed by atoms with Crippen molar-refractivity contribution in [2.24, 2.45) is 5.92 Å². The third-order valence-corrected chi connectivity index (χ3v) is 6.10. The van der Waals surface area contributed by atoms with Crippen molar-refractivity contribution in [2.75, 3.05) is 19.7 Å². The van der Waals surface area contributed by atoms with Crippen LogP contribution in [0.3, 0.4) is 0 Å². The molecule has 7 heteroatoms. The van der Waals surface area contributed by atoms with Gasteiger partial charge in [-0.15, -0.1) is 0 Å². The van der Waals surface area contributed by atoms with Gasteiger partial charge in [0.05, 0.1) is 25.7 Å². The molecule has 26 heavy (non-hydrogen) atoms. The van der Waals surface area contributed by atoms with Crippen molar-refractivity contribution in [1.29, 1.82) is 0 Å². The maximum atomic E-state index is 12.4. The van der Waals surface area contributed by atoms with E-state index >= 15 is 0 Å². The standard InChI is InChI=1S/C19H25Cl3N2O2/c20-19(21,22)18(23-17(25)14-7-2-1-3-8-14)26-13-15-9-6-12-24-11-5-4-10-16(15)24/h1-3,7-8,15-16,18H,4-6,9-13H2,(H,23,25)/p+1/t15-,16-,18-/m1/s1. The zero-order valence-electron chi connectivity index (χ0n) is 14.7. The van der Waals surface area contributed by atoms with Gasteiger partial charge in [-0.3, -0.25) is 4.79 Å². The van der Waals surface area contributed by atoms with E-state index in [1.54, 1.807) is 29.2 Å². The van der Waals surface area contributed by atoms with E-state index in [9.17, 15) is 4.79 Å². The van der Waals surface area contributed by atoms with Crippen LogP contribution < -0.4 is 10.2 Å². The Morgan fingerprint density at radius 1 is 1.15 bits per heavy atom. The van der Waals surface area contributed by atoms with Crippen molar-refractivity contribution in [1.82, 2.24) is 5.32 Å². The molecule has 2 heterocycles. The third kappa shape index (κ3) is 5.26. The van der Waals surface area contributed by atoms with Gasteiger partial charge < -0.3 is 15.0 Å². The van der Waals surface area contributed by atoms with E-state index < -0.39 is 10.0 Å². The molecule has 2 saturated heterocycles. The number of carbonyl (C=O) groups is 1. The fourth-order valence-corrected chi connectivity index (χ4v) is 4.56. The van der Waals surface area contributed by atoms with Crippen LogP contribution in [-0.2, 0) is 4.74 Å². The Morgan fingerprint density at radius 2 is 1.88 bits per heavy atom. The maximum Gasteiger partial charge on any atom is 0.253 e. The molecule has 144 valence electrons. The van der Waals surface area contributed by atoms with Gasteiger partial charge in [0.2, 0.25) is 3.79 Å². The highest BCUT2D eigenvalue weighted by molar-refractivity contribution is 6.68. The number of amides is 1. The number of rotatable bonds is 5. The Balaban J connectivity index is 1.61. The molecule has 3 rings (SSSR count). The largest absolute Gasteiger partial charge is 0.353 e. The van der Waals surface area contributed by atoms with Gasteiger partial charge in [-0.2, -0.15) is 0 Å². The molecule has 0 bridgehead atoms. The second kappa shape index (κ2) is 9.11. The number of alkyl halides is 3. The molecule has 0 spiro atoms. The van der Waals surface area contributed by atoms with E-state index in [2.05, 4.69) is 5.32 Å². The third-order valence-electron chi connectivity index (χ3n) is 5.50. The van der Waals surface area contributed by atoms with Crippen LogP contribution in [0.25, 0.3) is 0 Å². The predicted molar refractivity (Wildman–Crippen MR) is 105 cm³/mol. The van der Waals surface area contributed by atoms with Gasteiger partial charge in [0, 0.05) is 11.5 Å². The molecule has 2 N–H and O–H groups in total. The van der Waals surface area contributed by atoms with Crippen molar-refractivity contribution in [3.8, 4) is 0 Å². The minimum Gasteiger partial charge on any atom is -0.353 e. The van der Waals surface area contributed by atoms with Crippen molar-refractivity contribution in [3.63, 3.8) is 0 Å². The molecule has 2 aliphatic rings. The second-order valence-electron chi connectivity index (χ2n) is 7.26. The van der Waals surface area contributed by atoms with E-state index in [0.717, 1.165) is 6.42 Å². The summed E-state index contributed by atoms with van der Waals surface area (Å²) in [4.78, 5) is 14.1. The predicted octanol–water partition coefficient (Wildman–Crippen LogP) is 2.98. The van der Waals surface area contributed by atoms with E-state index in [1.165, 1.54) is 38.8 Å². The smallest absolute Gasteiger partial charge is 0.253 e. The van der Waals surface area contributed by atoms with Crippen molar-refractivity contribution in [3.05, 3.63) is 35.9 Å². The highest BCUT2D eigenvalue weighted by atomic mass is 35.6. The normalized spacial score (nSPS) is 27.4. The summed E-state index contributed by atoms with van der Waals surface area (Å²) in [6, 6.07) is 9.50. The van der Waals surface area contributed by atoms with Crippen LogP contribution in [0.1, 0.15) is 42.5 Å². The summed E-state index contributed by atoms with van der Waals surface area (Å²) in [7, 11) is 0. The molecular weight excluding hydrogens is 395 g/mol. The Kier molecular flexibility index (Phi) is 7.09. The van der Waals surface area contributed by atoms with E-state index in [4.69, 9.17) is 39.5 Å². The molecule has 2 aliphatic heterocycles. The molecule has 0 aliphatic carbocycles. The zero-order chi connectivity index (χ0) is 18.6. The number of quaternary nitrogens is 1. The molecule has 1 aromatic rings. The molecule has 0 radical (unpaired) electrons. The first-order valence-corrected chi connectivity index (χ1v) is 10.5. The molecule has 4 nitrogen and oxygen atoms in total. The van der Waals surface area contributed by atoms with Crippen LogP contribution >= 0.6 is 34.8 Å². The topological polar surface area (TPSA) is 42.8 Å². The summed E-state index contributed by atoms with van der Waals surface area (Å²) < 4.78 is 4.22. The minimum atomic E-state index is -1.72. The first kappa shape index (κ1) is 20.2. The lowest BCUT2D eigenvalue weighted by atomic mass is 9.84. The van der Waals surface area contributed by atoms with Crippen LogP contribution in [0.4, 0.5) is 0 Å². The summed E-state index contributed by atoms with van der Waals surface area (Å²) in [5.41, 5.74) is 0.510. The van der Waals surface area contributed by atoms with Crippen LogP contribution in [0.5, 0.6) is 0 Å². The lowest BCUT2D eigenvalue weighted by molar-refractivity contribution is -0.940. The molecule has 1 aromatic carbocycles. The quantitative estimate of drug-likeness (QED) is 0.568. The summed E-state index contributed by atoms with van der Waals surface area (Å²) >= 11 is 18.2. The highest BCUT2D eigenvalue weighted by Crippen LogP contribution is 2.32. The first-order valence-electron chi connectivity index (χ1n) is 9.34. The number of fused-ring (bicyclic) bond motifs is 1. The molecule has 2 fully saturated rings. The Hall–Kier alpha value is -0.520. The van der Waals surface area contributed by atoms with Gasteiger partial charge in [0.1, 0.15) is 0 Å². The van der Waals surface area contributed by atoms with E-state index in [-0.39, 0.29) is 5.91 Å². The number of nitrogens with one attached hydrogen (secondary N) is 2. The van der Waals surface area contributed by atoms with Crippen LogP contribution in [-0.4, -0.2) is 41.7 Å². The number of hydrogen-bond acceptors (Lipinski definition) is 2. The van der Waals surface area contributed by atoms with Crippen molar-refractivity contribution < 1.29 is 14.4 Å². The van der Waals surface area contributed by atoms with E-state index in [0.29, 0.717) is 24.1 Å². The summed E-state index contributed by atoms with van der Waals surface area (Å²) in [6.07, 6.45) is 5.18. The second-order valence-corrected chi connectivity index (χ2v) is 9.63. The van der Waals surface area contributed by atoms with Crippen LogP contribution in [0.15, 0.2) is 30.3 Å². The van der Waals surface area contributed by atoms with Gasteiger partial charge in [0.25, 0.3) is 5.91 Å². The molecule has 1 amide bonds. The average molecular weight is 421 g/mol. The molecule has 1 unspecified atom stereocenters. The number of ether oxygens (including phenoxy) is 1. The van der Waals surface area contributed by atoms with Crippen molar-refractivity contribution in [2.45, 2.75) is 48.2 Å². The van der Waals surface area contributed by atoms with Gasteiger partial charge in [-0.1, -0.05) is 53.0 Å². The SMILES string of the molecule is O=C(N[C@H](OC[C@H]1CCC[NH+]2CCCC[C@H]12)C(Cl)(Cl)Cl)c1ccccc1. The molecule has 0 saturated carbocycles.